The summed E-state index contributed by atoms with van der Waals surface area (Å²) >= 11 is 5.91. The van der Waals surface area contributed by atoms with Crippen molar-refractivity contribution in [3.8, 4) is 0 Å². The zero-order valence-electron chi connectivity index (χ0n) is 12.8. The number of rotatable bonds is 5. The molecular formula is C17H25ClN2O. The average Bonchev–Trinajstić information content (AvgIpc) is 2.71. The van der Waals surface area contributed by atoms with Crippen LogP contribution in [0.25, 0.3) is 0 Å². The Morgan fingerprint density at radius 2 is 1.95 bits per heavy atom. The van der Waals surface area contributed by atoms with Crippen LogP contribution in [0.2, 0.25) is 5.02 Å². The maximum atomic E-state index is 12.0. The van der Waals surface area contributed by atoms with Gasteiger partial charge >= 0.3 is 0 Å². The number of halogens is 1. The number of hydrogen-bond acceptors (Lipinski definition) is 2. The van der Waals surface area contributed by atoms with Gasteiger partial charge in [-0.05, 0) is 43.5 Å². The monoisotopic (exact) mass is 308 g/mol. The molecule has 1 aromatic rings. The third kappa shape index (κ3) is 5.68. The second kappa shape index (κ2) is 8.40. The van der Waals surface area contributed by atoms with Gasteiger partial charge in [-0.3, -0.25) is 4.79 Å². The largest absolute Gasteiger partial charge is 0.326 e. The topological polar surface area (TPSA) is 41.1 Å². The standard InChI is InChI=1S/C17H25ClN2O/c1-13-12-14(18)8-9-16(13)20-17(21)10-11-19-15-6-4-2-3-5-7-15/h8-9,12,15,19H,2-7,10-11H2,1H3,(H,20,21). The Morgan fingerprint density at radius 1 is 1.24 bits per heavy atom. The highest BCUT2D eigenvalue weighted by Gasteiger charge is 2.12. The molecule has 1 aromatic carbocycles. The Bertz CT molecular complexity index is 468. The summed E-state index contributed by atoms with van der Waals surface area (Å²) in [6.07, 6.45) is 8.35. The molecule has 2 N–H and O–H groups in total. The van der Waals surface area contributed by atoms with Crippen molar-refractivity contribution in [2.24, 2.45) is 0 Å². The fourth-order valence-electron chi connectivity index (χ4n) is 2.85. The molecule has 1 amide bonds. The average molecular weight is 309 g/mol. The molecular weight excluding hydrogens is 284 g/mol. The molecule has 4 heteroatoms. The van der Waals surface area contributed by atoms with Gasteiger partial charge in [0.1, 0.15) is 0 Å². The van der Waals surface area contributed by atoms with E-state index >= 15 is 0 Å². The van der Waals surface area contributed by atoms with Gasteiger partial charge in [0.05, 0.1) is 0 Å². The lowest BCUT2D eigenvalue weighted by Gasteiger charge is -2.16. The second-order valence-electron chi connectivity index (χ2n) is 5.90. The van der Waals surface area contributed by atoms with E-state index < -0.39 is 0 Å². The van der Waals surface area contributed by atoms with Crippen LogP contribution in [-0.4, -0.2) is 18.5 Å². The number of hydrogen-bond donors (Lipinski definition) is 2. The summed E-state index contributed by atoms with van der Waals surface area (Å²) < 4.78 is 0. The highest BCUT2D eigenvalue weighted by molar-refractivity contribution is 6.30. The lowest BCUT2D eigenvalue weighted by Crippen LogP contribution is -2.31. The fraction of sp³-hybridized carbons (Fsp3) is 0.588. The van der Waals surface area contributed by atoms with E-state index in [1.165, 1.54) is 38.5 Å². The van der Waals surface area contributed by atoms with E-state index in [2.05, 4.69) is 10.6 Å². The zero-order chi connectivity index (χ0) is 15.1. The van der Waals surface area contributed by atoms with Crippen LogP contribution in [0.1, 0.15) is 50.5 Å². The van der Waals surface area contributed by atoms with Crippen LogP contribution < -0.4 is 10.6 Å². The quantitative estimate of drug-likeness (QED) is 0.797. The van der Waals surface area contributed by atoms with Gasteiger partial charge in [0.25, 0.3) is 0 Å². The van der Waals surface area contributed by atoms with Gasteiger partial charge in [0.15, 0.2) is 0 Å². The molecule has 2 rings (SSSR count). The Labute approximate surface area is 132 Å². The number of nitrogens with one attached hydrogen (secondary N) is 2. The molecule has 0 radical (unpaired) electrons. The maximum Gasteiger partial charge on any atom is 0.225 e. The molecule has 21 heavy (non-hydrogen) atoms. The van der Waals surface area contributed by atoms with Crippen LogP contribution in [0.4, 0.5) is 5.69 Å². The van der Waals surface area contributed by atoms with E-state index in [1.54, 1.807) is 6.07 Å². The molecule has 1 saturated carbocycles. The Kier molecular flexibility index (Phi) is 6.52. The normalized spacial score (nSPS) is 16.5. The molecule has 1 fully saturated rings. The van der Waals surface area contributed by atoms with Crippen LogP contribution in [-0.2, 0) is 4.79 Å². The first kappa shape index (κ1) is 16.3. The van der Waals surface area contributed by atoms with Crippen molar-refractivity contribution >= 4 is 23.2 Å². The van der Waals surface area contributed by atoms with Crippen molar-refractivity contribution < 1.29 is 4.79 Å². The summed E-state index contributed by atoms with van der Waals surface area (Å²) in [6.45, 7) is 2.70. The van der Waals surface area contributed by atoms with Crippen LogP contribution in [0.5, 0.6) is 0 Å². The van der Waals surface area contributed by atoms with E-state index in [1.807, 2.05) is 19.1 Å². The van der Waals surface area contributed by atoms with Crippen LogP contribution in [0.15, 0.2) is 18.2 Å². The molecule has 0 aliphatic heterocycles. The minimum absolute atomic E-state index is 0.0570. The number of anilines is 1. The van der Waals surface area contributed by atoms with Crippen molar-refractivity contribution in [3.05, 3.63) is 28.8 Å². The van der Waals surface area contributed by atoms with E-state index in [0.717, 1.165) is 17.8 Å². The van der Waals surface area contributed by atoms with E-state index in [-0.39, 0.29) is 5.91 Å². The predicted molar refractivity (Wildman–Crippen MR) is 88.9 cm³/mol. The van der Waals surface area contributed by atoms with Crippen LogP contribution >= 0.6 is 11.6 Å². The molecule has 0 heterocycles. The summed E-state index contributed by atoms with van der Waals surface area (Å²) in [4.78, 5) is 12.0. The Hall–Kier alpha value is -1.06. The minimum atomic E-state index is 0.0570. The van der Waals surface area contributed by atoms with Crippen LogP contribution in [0.3, 0.4) is 0 Å². The summed E-state index contributed by atoms with van der Waals surface area (Å²) in [5.41, 5.74) is 1.84. The Morgan fingerprint density at radius 3 is 2.62 bits per heavy atom. The lowest BCUT2D eigenvalue weighted by molar-refractivity contribution is -0.116. The summed E-state index contributed by atoms with van der Waals surface area (Å²) in [5.74, 6) is 0.0570. The first-order valence-electron chi connectivity index (χ1n) is 7.94. The molecule has 0 saturated heterocycles. The van der Waals surface area contributed by atoms with Crippen molar-refractivity contribution in [2.45, 2.75) is 57.9 Å². The molecule has 0 spiro atoms. The first-order chi connectivity index (χ1) is 10.1. The third-order valence-electron chi connectivity index (χ3n) is 4.10. The third-order valence-corrected chi connectivity index (χ3v) is 4.34. The number of amides is 1. The molecule has 1 aliphatic carbocycles. The number of benzene rings is 1. The fourth-order valence-corrected chi connectivity index (χ4v) is 3.08. The van der Waals surface area contributed by atoms with Crippen molar-refractivity contribution in [2.75, 3.05) is 11.9 Å². The first-order valence-corrected chi connectivity index (χ1v) is 8.32. The SMILES string of the molecule is Cc1cc(Cl)ccc1NC(=O)CCNC1CCCCCC1. The van der Waals surface area contributed by atoms with E-state index in [0.29, 0.717) is 17.5 Å². The minimum Gasteiger partial charge on any atom is -0.326 e. The molecule has 0 unspecified atom stereocenters. The van der Waals surface area contributed by atoms with Crippen molar-refractivity contribution in [3.63, 3.8) is 0 Å². The smallest absolute Gasteiger partial charge is 0.225 e. The number of aryl methyl sites for hydroxylation is 1. The van der Waals surface area contributed by atoms with E-state index in [9.17, 15) is 4.79 Å². The van der Waals surface area contributed by atoms with Gasteiger partial charge in [-0.25, -0.2) is 0 Å². The molecule has 0 aromatic heterocycles. The van der Waals surface area contributed by atoms with Crippen molar-refractivity contribution in [1.82, 2.24) is 5.32 Å². The van der Waals surface area contributed by atoms with Gasteiger partial charge < -0.3 is 10.6 Å². The van der Waals surface area contributed by atoms with Crippen LogP contribution in [0, 0.1) is 6.92 Å². The summed E-state index contributed by atoms with van der Waals surface area (Å²) in [7, 11) is 0. The van der Waals surface area contributed by atoms with Gasteiger partial charge in [-0.1, -0.05) is 37.3 Å². The van der Waals surface area contributed by atoms with Crippen molar-refractivity contribution in [1.29, 1.82) is 0 Å². The van der Waals surface area contributed by atoms with Gasteiger partial charge in [0.2, 0.25) is 5.91 Å². The predicted octanol–water partition coefficient (Wildman–Crippen LogP) is 4.29. The second-order valence-corrected chi connectivity index (χ2v) is 6.34. The zero-order valence-corrected chi connectivity index (χ0v) is 13.5. The summed E-state index contributed by atoms with van der Waals surface area (Å²) in [6, 6.07) is 6.11. The molecule has 0 bridgehead atoms. The van der Waals surface area contributed by atoms with E-state index in [4.69, 9.17) is 11.6 Å². The number of carbonyl (C=O) groups excluding carboxylic acids is 1. The number of carbonyl (C=O) groups is 1. The van der Waals surface area contributed by atoms with Gasteiger partial charge in [-0.15, -0.1) is 0 Å². The molecule has 3 nitrogen and oxygen atoms in total. The highest BCUT2D eigenvalue weighted by Crippen LogP contribution is 2.20. The summed E-state index contributed by atoms with van der Waals surface area (Å²) in [5, 5.41) is 7.16. The maximum absolute atomic E-state index is 12.0. The van der Waals surface area contributed by atoms with Gasteiger partial charge in [0, 0.05) is 29.7 Å². The Balaban J connectivity index is 1.71. The van der Waals surface area contributed by atoms with Gasteiger partial charge in [-0.2, -0.15) is 0 Å². The lowest BCUT2D eigenvalue weighted by atomic mass is 10.1. The molecule has 116 valence electrons. The molecule has 1 aliphatic rings. The highest BCUT2D eigenvalue weighted by atomic mass is 35.5. The molecule has 0 atom stereocenters.